The molecule has 6 heteroatoms. The van der Waals surface area contributed by atoms with E-state index in [9.17, 15) is 4.79 Å². The molecule has 0 spiro atoms. The van der Waals surface area contributed by atoms with Gasteiger partial charge in [-0.1, -0.05) is 13.8 Å². The van der Waals surface area contributed by atoms with Crippen LogP contribution < -0.4 is 14.8 Å². The largest absolute Gasteiger partial charge is 0.490 e. The topological polar surface area (TPSA) is 50.8 Å². The summed E-state index contributed by atoms with van der Waals surface area (Å²) >= 11 is 0. The molecule has 0 aliphatic carbocycles. The Hall–Kier alpha value is -1.46. The second kappa shape index (κ2) is 11.2. The molecule has 0 bridgehead atoms. The van der Waals surface area contributed by atoms with Crippen LogP contribution in [0, 0.1) is 5.92 Å². The maximum atomic E-state index is 12.8. The van der Waals surface area contributed by atoms with Crippen molar-refractivity contribution in [1.29, 1.82) is 0 Å². The first-order valence-corrected chi connectivity index (χ1v) is 9.03. The Kier molecular flexibility index (Phi) is 9.68. The summed E-state index contributed by atoms with van der Waals surface area (Å²) in [6, 6.07) is 5.53. The Morgan fingerprint density at radius 2 is 1.88 bits per heavy atom. The number of hydrogen-bond donors (Lipinski definition) is 1. The van der Waals surface area contributed by atoms with E-state index in [-0.39, 0.29) is 18.3 Å². The molecule has 2 rings (SSSR count). The number of carbonyl (C=O) groups excluding carboxylic acids is 1. The van der Waals surface area contributed by atoms with Crippen LogP contribution >= 0.6 is 12.4 Å². The van der Waals surface area contributed by atoms with Crippen LogP contribution in [-0.2, 0) is 0 Å². The number of nitrogens with zero attached hydrogens (tertiary/aromatic N) is 1. The summed E-state index contributed by atoms with van der Waals surface area (Å²) in [5, 5.41) is 3.19. The standard InChI is InChI=1S/C19H30N2O3.ClH/c1-4-10-23-17-7-6-16(12-18(17)24-11-5-2)19(22)21-9-8-15(14-21)13-20-3;/h6-7,12,15,20H,4-5,8-11,13-14H2,1-3H3;1H. The molecule has 1 N–H and O–H groups in total. The normalized spacial score (nSPS) is 16.4. The molecule has 1 aliphatic heterocycles. The first kappa shape index (κ1) is 21.6. The number of halogens is 1. The zero-order valence-electron chi connectivity index (χ0n) is 15.5. The van der Waals surface area contributed by atoms with Gasteiger partial charge in [-0.25, -0.2) is 0 Å². The van der Waals surface area contributed by atoms with E-state index >= 15 is 0 Å². The van der Waals surface area contributed by atoms with Crippen LogP contribution in [0.1, 0.15) is 43.5 Å². The van der Waals surface area contributed by atoms with Gasteiger partial charge in [-0.15, -0.1) is 12.4 Å². The van der Waals surface area contributed by atoms with E-state index in [1.54, 1.807) is 0 Å². The van der Waals surface area contributed by atoms with Gasteiger partial charge in [0.05, 0.1) is 13.2 Å². The highest BCUT2D eigenvalue weighted by atomic mass is 35.5. The summed E-state index contributed by atoms with van der Waals surface area (Å²) < 4.78 is 11.5. The summed E-state index contributed by atoms with van der Waals surface area (Å²) in [6.45, 7) is 8.00. The summed E-state index contributed by atoms with van der Waals surface area (Å²) in [7, 11) is 1.96. The Morgan fingerprint density at radius 1 is 1.20 bits per heavy atom. The minimum atomic E-state index is 0. The molecule has 1 aromatic carbocycles. The summed E-state index contributed by atoms with van der Waals surface area (Å²) in [6.07, 6.45) is 2.92. The Morgan fingerprint density at radius 3 is 2.52 bits per heavy atom. The van der Waals surface area contributed by atoms with Gasteiger partial charge in [-0.2, -0.15) is 0 Å². The first-order valence-electron chi connectivity index (χ1n) is 9.03. The zero-order chi connectivity index (χ0) is 17.4. The van der Waals surface area contributed by atoms with Gasteiger partial charge in [0.15, 0.2) is 11.5 Å². The van der Waals surface area contributed by atoms with Gasteiger partial charge in [-0.05, 0) is 57.0 Å². The molecule has 0 saturated carbocycles. The number of ether oxygens (including phenoxy) is 2. The number of hydrogen-bond acceptors (Lipinski definition) is 4. The van der Waals surface area contributed by atoms with Crippen molar-refractivity contribution in [1.82, 2.24) is 10.2 Å². The van der Waals surface area contributed by atoms with Gasteiger partial charge in [-0.3, -0.25) is 4.79 Å². The van der Waals surface area contributed by atoms with Gasteiger partial charge in [0, 0.05) is 18.7 Å². The van der Waals surface area contributed by atoms with Crippen LogP contribution in [0.4, 0.5) is 0 Å². The monoisotopic (exact) mass is 370 g/mol. The van der Waals surface area contributed by atoms with Crippen molar-refractivity contribution >= 4 is 18.3 Å². The van der Waals surface area contributed by atoms with E-state index in [0.717, 1.165) is 44.6 Å². The quantitative estimate of drug-likeness (QED) is 0.724. The smallest absolute Gasteiger partial charge is 0.254 e. The summed E-state index contributed by atoms with van der Waals surface area (Å²) in [5.41, 5.74) is 0.676. The second-order valence-electron chi connectivity index (χ2n) is 6.32. The predicted molar refractivity (Wildman–Crippen MR) is 103 cm³/mol. The molecule has 5 nitrogen and oxygen atoms in total. The lowest BCUT2D eigenvalue weighted by molar-refractivity contribution is 0.0786. The van der Waals surface area contributed by atoms with E-state index < -0.39 is 0 Å². The van der Waals surface area contributed by atoms with Gasteiger partial charge in [0.2, 0.25) is 0 Å². The Balaban J connectivity index is 0.00000312. The maximum Gasteiger partial charge on any atom is 0.254 e. The number of carbonyl (C=O) groups is 1. The fraction of sp³-hybridized carbons (Fsp3) is 0.632. The molecule has 1 aromatic rings. The third-order valence-corrected chi connectivity index (χ3v) is 4.18. The molecule has 1 heterocycles. The lowest BCUT2D eigenvalue weighted by Crippen LogP contribution is -2.30. The molecule has 142 valence electrons. The molecule has 0 radical (unpaired) electrons. The minimum absolute atomic E-state index is 0. The first-order chi connectivity index (χ1) is 11.7. The summed E-state index contributed by atoms with van der Waals surface area (Å²) in [4.78, 5) is 14.7. The van der Waals surface area contributed by atoms with Crippen LogP contribution in [0.15, 0.2) is 18.2 Å². The average molecular weight is 371 g/mol. The van der Waals surface area contributed by atoms with Gasteiger partial charge < -0.3 is 19.7 Å². The lowest BCUT2D eigenvalue weighted by Gasteiger charge is -2.18. The summed E-state index contributed by atoms with van der Waals surface area (Å²) in [5.74, 6) is 2.01. The highest BCUT2D eigenvalue weighted by Gasteiger charge is 2.27. The van der Waals surface area contributed by atoms with Crippen LogP contribution in [0.5, 0.6) is 11.5 Å². The molecule has 1 fully saturated rings. The third kappa shape index (κ3) is 6.08. The molecule has 1 unspecified atom stereocenters. The highest BCUT2D eigenvalue weighted by Crippen LogP contribution is 2.30. The van der Waals surface area contributed by atoms with E-state index in [1.807, 2.05) is 30.1 Å². The molecule has 1 atom stereocenters. The molecule has 1 amide bonds. The van der Waals surface area contributed by atoms with E-state index in [4.69, 9.17) is 9.47 Å². The van der Waals surface area contributed by atoms with Crippen LogP contribution in [0.2, 0.25) is 0 Å². The van der Waals surface area contributed by atoms with Crippen LogP contribution in [0.25, 0.3) is 0 Å². The van der Waals surface area contributed by atoms with Crippen molar-refractivity contribution in [2.75, 3.05) is 39.9 Å². The Bertz CT molecular complexity index is 539. The molecular weight excluding hydrogens is 340 g/mol. The van der Waals surface area contributed by atoms with Crippen molar-refractivity contribution < 1.29 is 14.3 Å². The van der Waals surface area contributed by atoms with Crippen LogP contribution in [-0.4, -0.2) is 50.7 Å². The fourth-order valence-electron chi connectivity index (χ4n) is 2.95. The minimum Gasteiger partial charge on any atom is -0.490 e. The van der Waals surface area contributed by atoms with Crippen molar-refractivity contribution in [2.45, 2.75) is 33.1 Å². The average Bonchev–Trinajstić information content (AvgIpc) is 3.06. The molecule has 1 aliphatic rings. The number of nitrogens with one attached hydrogen (secondary N) is 1. The number of rotatable bonds is 9. The maximum absolute atomic E-state index is 12.8. The van der Waals surface area contributed by atoms with Gasteiger partial charge >= 0.3 is 0 Å². The van der Waals surface area contributed by atoms with Gasteiger partial charge in [0.1, 0.15) is 0 Å². The highest BCUT2D eigenvalue weighted by molar-refractivity contribution is 5.95. The van der Waals surface area contributed by atoms with Crippen LogP contribution in [0.3, 0.4) is 0 Å². The molecule has 0 aromatic heterocycles. The van der Waals surface area contributed by atoms with E-state index in [2.05, 4.69) is 19.2 Å². The number of amides is 1. The molecular formula is C19H31ClN2O3. The van der Waals surface area contributed by atoms with Crippen molar-refractivity contribution in [2.24, 2.45) is 5.92 Å². The Labute approximate surface area is 157 Å². The second-order valence-corrected chi connectivity index (χ2v) is 6.32. The predicted octanol–water partition coefficient (Wildman–Crippen LogP) is 3.37. The van der Waals surface area contributed by atoms with Crippen molar-refractivity contribution in [3.63, 3.8) is 0 Å². The SMILES string of the molecule is CCCOc1ccc(C(=O)N2CCC(CNC)C2)cc1OCCC.Cl. The zero-order valence-corrected chi connectivity index (χ0v) is 16.4. The molecule has 1 saturated heterocycles. The van der Waals surface area contributed by atoms with Crippen molar-refractivity contribution in [3.8, 4) is 11.5 Å². The van der Waals surface area contributed by atoms with E-state index in [1.165, 1.54) is 0 Å². The van der Waals surface area contributed by atoms with E-state index in [0.29, 0.717) is 30.4 Å². The lowest BCUT2D eigenvalue weighted by atomic mass is 10.1. The molecule has 25 heavy (non-hydrogen) atoms. The van der Waals surface area contributed by atoms with Crippen molar-refractivity contribution in [3.05, 3.63) is 23.8 Å². The fourth-order valence-corrected chi connectivity index (χ4v) is 2.95. The van der Waals surface area contributed by atoms with Gasteiger partial charge in [0.25, 0.3) is 5.91 Å². The third-order valence-electron chi connectivity index (χ3n) is 4.18. The number of benzene rings is 1. The number of likely N-dealkylation sites (tertiary alicyclic amines) is 1.